The molecular formula is C31H25F3O4. The number of hydrogen-bond acceptors (Lipinski definition) is 4. The van der Waals surface area contributed by atoms with E-state index in [1.807, 2.05) is 0 Å². The molecule has 0 radical (unpaired) electrons. The second kappa shape index (κ2) is 11.8. The van der Waals surface area contributed by atoms with Crippen molar-refractivity contribution in [2.45, 2.75) is 19.4 Å². The Balaban J connectivity index is 1.47. The highest BCUT2D eigenvalue weighted by atomic mass is 19.2. The molecule has 0 bridgehead atoms. The lowest BCUT2D eigenvalue weighted by molar-refractivity contribution is 0.0728. The van der Waals surface area contributed by atoms with Gasteiger partial charge in [0, 0.05) is 5.56 Å². The Bertz CT molecular complexity index is 1450. The number of aliphatic hydroxyl groups excluding tert-OH is 1. The fourth-order valence-electron chi connectivity index (χ4n) is 3.80. The molecule has 4 nitrogen and oxygen atoms in total. The average molecular weight is 519 g/mol. The highest BCUT2D eigenvalue weighted by Gasteiger charge is 2.21. The quantitative estimate of drug-likeness (QED) is 0.107. The van der Waals surface area contributed by atoms with Gasteiger partial charge in [0.25, 0.3) is 0 Å². The Morgan fingerprint density at radius 1 is 0.895 bits per heavy atom. The Labute approximate surface area is 218 Å². The third kappa shape index (κ3) is 5.95. The minimum atomic E-state index is -1.32. The summed E-state index contributed by atoms with van der Waals surface area (Å²) in [5.74, 6) is -3.83. The maximum Gasteiger partial charge on any atom is 0.346 e. The molecule has 38 heavy (non-hydrogen) atoms. The summed E-state index contributed by atoms with van der Waals surface area (Å²) >= 11 is 0. The Morgan fingerprint density at radius 2 is 1.55 bits per heavy atom. The minimum Gasteiger partial charge on any atom is -0.490 e. The van der Waals surface area contributed by atoms with Gasteiger partial charge < -0.3 is 14.6 Å². The van der Waals surface area contributed by atoms with Crippen molar-refractivity contribution in [1.29, 1.82) is 0 Å². The fraction of sp³-hybridized carbons (Fsp3) is 0.129. The van der Waals surface area contributed by atoms with Gasteiger partial charge in [0.2, 0.25) is 0 Å². The van der Waals surface area contributed by atoms with Crippen molar-refractivity contribution in [1.82, 2.24) is 0 Å². The molecule has 0 aliphatic rings. The zero-order valence-corrected chi connectivity index (χ0v) is 20.6. The average Bonchev–Trinajstić information content (AvgIpc) is 2.91. The van der Waals surface area contributed by atoms with E-state index in [9.17, 15) is 23.1 Å². The molecule has 4 rings (SSSR count). The number of ether oxygens (including phenoxy) is 2. The molecule has 0 aliphatic heterocycles. The van der Waals surface area contributed by atoms with Crippen LogP contribution >= 0.6 is 0 Å². The Morgan fingerprint density at radius 3 is 2.18 bits per heavy atom. The molecule has 0 saturated carbocycles. The zero-order valence-electron chi connectivity index (χ0n) is 20.6. The van der Waals surface area contributed by atoms with Crippen molar-refractivity contribution in [2.24, 2.45) is 0 Å². The Kier molecular flexibility index (Phi) is 8.28. The van der Waals surface area contributed by atoms with Crippen LogP contribution in [-0.4, -0.2) is 17.7 Å². The fourth-order valence-corrected chi connectivity index (χ4v) is 3.80. The Hall–Kier alpha value is -4.36. The third-order valence-corrected chi connectivity index (χ3v) is 5.92. The summed E-state index contributed by atoms with van der Waals surface area (Å²) in [5.41, 5.74) is 1.70. The first-order valence-corrected chi connectivity index (χ1v) is 11.9. The van der Waals surface area contributed by atoms with Crippen molar-refractivity contribution in [3.05, 3.63) is 120 Å². The number of rotatable bonds is 9. The number of hydrogen-bond donors (Lipinski definition) is 1. The molecule has 4 aromatic carbocycles. The van der Waals surface area contributed by atoms with Crippen LogP contribution < -0.4 is 9.47 Å². The molecule has 194 valence electrons. The van der Waals surface area contributed by atoms with Gasteiger partial charge in [0.15, 0.2) is 23.2 Å². The predicted molar refractivity (Wildman–Crippen MR) is 140 cm³/mol. The normalized spacial score (nSPS) is 11.6. The van der Waals surface area contributed by atoms with Crippen LogP contribution in [0.3, 0.4) is 0 Å². The standard InChI is InChI=1S/C31H25F3O4/c1-3-4-17-37-28-16-11-23(18-27(28)32)21-9-12-24(13-10-21)38-31(36)26-15-14-25(29(33)30(26)34)22-7-5-20(6-8-22)19(2)35/h3,5-16,18-19,35H,1,4,17H2,2H3. The lowest BCUT2D eigenvalue weighted by Crippen LogP contribution is -2.12. The largest absolute Gasteiger partial charge is 0.490 e. The number of halogens is 3. The van der Waals surface area contributed by atoms with E-state index in [0.29, 0.717) is 35.3 Å². The maximum absolute atomic E-state index is 14.8. The van der Waals surface area contributed by atoms with Crippen LogP contribution in [0.4, 0.5) is 13.2 Å². The first kappa shape index (κ1) is 26.7. The smallest absolute Gasteiger partial charge is 0.346 e. The van der Waals surface area contributed by atoms with E-state index in [2.05, 4.69) is 6.58 Å². The molecule has 0 aromatic heterocycles. The number of carbonyl (C=O) groups excluding carboxylic acids is 1. The van der Waals surface area contributed by atoms with Crippen molar-refractivity contribution in [2.75, 3.05) is 6.61 Å². The summed E-state index contributed by atoms with van der Waals surface area (Å²) in [5, 5.41) is 9.62. The zero-order chi connectivity index (χ0) is 27.2. The summed E-state index contributed by atoms with van der Waals surface area (Å²) in [6, 6.07) is 19.6. The minimum absolute atomic E-state index is 0.0232. The highest BCUT2D eigenvalue weighted by molar-refractivity contribution is 5.92. The third-order valence-electron chi connectivity index (χ3n) is 5.92. The number of aliphatic hydroxyl groups is 1. The first-order chi connectivity index (χ1) is 18.3. The summed E-state index contributed by atoms with van der Waals surface area (Å²) < 4.78 is 54.6. The lowest BCUT2D eigenvalue weighted by atomic mass is 10.00. The summed E-state index contributed by atoms with van der Waals surface area (Å²) in [4.78, 5) is 12.6. The monoisotopic (exact) mass is 518 g/mol. The molecule has 1 unspecified atom stereocenters. The second-order valence-corrected chi connectivity index (χ2v) is 8.57. The molecule has 7 heteroatoms. The number of benzene rings is 4. The van der Waals surface area contributed by atoms with Crippen molar-refractivity contribution >= 4 is 5.97 Å². The molecule has 1 N–H and O–H groups in total. The van der Waals surface area contributed by atoms with Gasteiger partial charge in [-0.05, 0) is 65.9 Å². The van der Waals surface area contributed by atoms with Gasteiger partial charge in [0.1, 0.15) is 5.75 Å². The van der Waals surface area contributed by atoms with Gasteiger partial charge in [-0.1, -0.05) is 54.6 Å². The molecule has 0 fully saturated rings. The SMILES string of the molecule is C=CCCOc1ccc(-c2ccc(OC(=O)c3ccc(-c4ccc(C(C)O)cc4)c(F)c3F)cc2)cc1F. The van der Waals surface area contributed by atoms with Gasteiger partial charge in [-0.3, -0.25) is 0 Å². The first-order valence-electron chi connectivity index (χ1n) is 11.9. The van der Waals surface area contributed by atoms with Crippen molar-refractivity contribution in [3.8, 4) is 33.8 Å². The molecule has 1 atom stereocenters. The molecule has 0 aliphatic carbocycles. The van der Waals surface area contributed by atoms with Crippen LogP contribution in [0.5, 0.6) is 11.5 Å². The second-order valence-electron chi connectivity index (χ2n) is 8.57. The summed E-state index contributed by atoms with van der Waals surface area (Å²) in [6.07, 6.45) is 1.59. The van der Waals surface area contributed by atoms with Crippen LogP contribution in [0.25, 0.3) is 22.3 Å². The molecule has 4 aromatic rings. The van der Waals surface area contributed by atoms with E-state index in [1.54, 1.807) is 55.5 Å². The van der Waals surface area contributed by atoms with E-state index in [4.69, 9.17) is 9.47 Å². The van der Waals surface area contributed by atoms with Crippen LogP contribution in [-0.2, 0) is 0 Å². The highest BCUT2D eigenvalue weighted by Crippen LogP contribution is 2.30. The predicted octanol–water partition coefficient (Wildman–Crippen LogP) is 7.67. The van der Waals surface area contributed by atoms with Gasteiger partial charge in [-0.25, -0.2) is 18.0 Å². The van der Waals surface area contributed by atoms with E-state index in [-0.39, 0.29) is 17.1 Å². The molecule has 0 saturated heterocycles. The summed E-state index contributed by atoms with van der Waals surface area (Å²) in [7, 11) is 0. The van der Waals surface area contributed by atoms with E-state index in [0.717, 1.165) is 6.07 Å². The van der Waals surface area contributed by atoms with Crippen molar-refractivity contribution in [3.63, 3.8) is 0 Å². The van der Waals surface area contributed by atoms with Crippen LogP contribution in [0.2, 0.25) is 0 Å². The number of carbonyl (C=O) groups is 1. The van der Waals surface area contributed by atoms with Gasteiger partial charge in [-0.15, -0.1) is 6.58 Å². The van der Waals surface area contributed by atoms with Crippen LogP contribution in [0.1, 0.15) is 35.4 Å². The van der Waals surface area contributed by atoms with E-state index < -0.39 is 35.1 Å². The van der Waals surface area contributed by atoms with Gasteiger partial charge in [-0.2, -0.15) is 0 Å². The van der Waals surface area contributed by atoms with Gasteiger partial charge >= 0.3 is 5.97 Å². The maximum atomic E-state index is 14.8. The van der Waals surface area contributed by atoms with Crippen LogP contribution in [0.15, 0.2) is 91.5 Å². The lowest BCUT2D eigenvalue weighted by Gasteiger charge is -2.11. The topological polar surface area (TPSA) is 55.8 Å². The van der Waals surface area contributed by atoms with Gasteiger partial charge in [0.05, 0.1) is 18.3 Å². The molecule has 0 amide bonds. The molecule has 0 heterocycles. The van der Waals surface area contributed by atoms with E-state index in [1.165, 1.54) is 30.3 Å². The number of esters is 1. The molecular weight excluding hydrogens is 493 g/mol. The summed E-state index contributed by atoms with van der Waals surface area (Å²) in [6.45, 7) is 5.52. The molecule has 0 spiro atoms. The van der Waals surface area contributed by atoms with Crippen molar-refractivity contribution < 1.29 is 32.5 Å². The van der Waals surface area contributed by atoms with E-state index >= 15 is 0 Å². The van der Waals surface area contributed by atoms with Crippen LogP contribution in [0, 0.1) is 17.5 Å².